The quantitative estimate of drug-likeness (QED) is 0.770. The van der Waals surface area contributed by atoms with Crippen LogP contribution in [-0.2, 0) is 19.1 Å². The van der Waals surface area contributed by atoms with E-state index in [1.807, 2.05) is 6.92 Å². The normalized spacial score (nSPS) is 22.2. The zero-order valence-corrected chi connectivity index (χ0v) is 14.2. The molecule has 0 bridgehead atoms. The maximum absolute atomic E-state index is 12.9. The highest BCUT2D eigenvalue weighted by atomic mass is 16.5. The number of rotatable bonds is 5. The first-order chi connectivity index (χ1) is 12.4. The monoisotopic (exact) mass is 361 g/mol. The third kappa shape index (κ3) is 3.38. The first-order valence-electron chi connectivity index (χ1n) is 8.18. The van der Waals surface area contributed by atoms with E-state index in [0.717, 1.165) is 10.5 Å². The zero-order chi connectivity index (χ0) is 18.8. The van der Waals surface area contributed by atoms with Crippen molar-refractivity contribution >= 4 is 29.5 Å². The second kappa shape index (κ2) is 7.12. The van der Waals surface area contributed by atoms with E-state index in [4.69, 9.17) is 9.84 Å². The average molecular weight is 361 g/mol. The summed E-state index contributed by atoms with van der Waals surface area (Å²) in [5.41, 5.74) is 1.42. The minimum absolute atomic E-state index is 0.290. The lowest BCUT2D eigenvalue weighted by atomic mass is 10.0. The molecule has 4 amide bonds. The van der Waals surface area contributed by atoms with Gasteiger partial charge in [0.05, 0.1) is 11.7 Å². The number of hydrogen-bond donors (Lipinski definition) is 2. The number of likely N-dealkylation sites (tertiary alicyclic amines) is 1. The van der Waals surface area contributed by atoms with Crippen LogP contribution in [0.3, 0.4) is 0 Å². The summed E-state index contributed by atoms with van der Waals surface area (Å²) in [5, 5.41) is 11.3. The van der Waals surface area contributed by atoms with Crippen LogP contribution in [0.5, 0.6) is 0 Å². The van der Waals surface area contributed by atoms with Crippen LogP contribution in [0.4, 0.5) is 10.5 Å². The van der Waals surface area contributed by atoms with Crippen molar-refractivity contribution in [1.82, 2.24) is 10.2 Å². The molecule has 2 fully saturated rings. The smallest absolute Gasteiger partial charge is 0.329 e. The molecule has 1 aromatic rings. The van der Waals surface area contributed by atoms with Crippen molar-refractivity contribution in [2.45, 2.75) is 25.4 Å². The van der Waals surface area contributed by atoms with Crippen molar-refractivity contribution in [2.24, 2.45) is 0 Å². The Bertz CT molecular complexity index is 747. The molecule has 2 aliphatic heterocycles. The van der Waals surface area contributed by atoms with E-state index in [0.29, 0.717) is 18.7 Å². The maximum Gasteiger partial charge on any atom is 0.329 e. The van der Waals surface area contributed by atoms with Crippen molar-refractivity contribution in [3.05, 3.63) is 29.8 Å². The third-order valence-corrected chi connectivity index (χ3v) is 4.45. The number of aryl methyl sites for hydroxylation is 1. The summed E-state index contributed by atoms with van der Waals surface area (Å²) in [6, 6.07) is 5.12. The lowest BCUT2D eigenvalue weighted by Gasteiger charge is -2.36. The number of imide groups is 1. The fourth-order valence-electron chi connectivity index (χ4n) is 3.23. The zero-order valence-electron chi connectivity index (χ0n) is 14.2. The number of anilines is 1. The third-order valence-electron chi connectivity index (χ3n) is 4.45. The summed E-state index contributed by atoms with van der Waals surface area (Å²) in [4.78, 5) is 50.5. The summed E-state index contributed by atoms with van der Waals surface area (Å²) >= 11 is 0. The molecule has 3 rings (SSSR count). The molecule has 2 heterocycles. The molecule has 0 aromatic heterocycles. The van der Waals surface area contributed by atoms with Gasteiger partial charge in [-0.15, -0.1) is 0 Å². The van der Waals surface area contributed by atoms with E-state index in [1.54, 1.807) is 24.3 Å². The summed E-state index contributed by atoms with van der Waals surface area (Å²) < 4.78 is 4.83. The number of fused-ring (bicyclic) bond motifs is 1. The fourth-order valence-corrected chi connectivity index (χ4v) is 3.23. The van der Waals surface area contributed by atoms with Gasteiger partial charge < -0.3 is 20.1 Å². The number of carboxylic acid groups (broad SMARTS) is 1. The molecule has 9 nitrogen and oxygen atoms in total. The minimum atomic E-state index is -1.18. The van der Waals surface area contributed by atoms with Gasteiger partial charge in [0.1, 0.15) is 19.3 Å². The van der Waals surface area contributed by atoms with E-state index < -0.39 is 49.1 Å². The Kier molecular flexibility index (Phi) is 4.90. The van der Waals surface area contributed by atoms with Crippen molar-refractivity contribution in [2.75, 3.05) is 24.7 Å². The van der Waals surface area contributed by atoms with Crippen molar-refractivity contribution in [1.29, 1.82) is 0 Å². The molecule has 26 heavy (non-hydrogen) atoms. The standard InChI is InChI=1S/C17H19N3O6/c1-10-2-4-11(5-3-10)20-16(24)15-12(18-17(20)25)6-7-19(15)13(21)8-26-9-14(22)23/h2-5,12,15H,6-9H2,1H3,(H,18,25)(H,22,23). The minimum Gasteiger partial charge on any atom is -0.480 e. The number of aliphatic carboxylic acids is 1. The first kappa shape index (κ1) is 17.9. The maximum atomic E-state index is 12.9. The Morgan fingerprint density at radius 3 is 2.58 bits per heavy atom. The fraction of sp³-hybridized carbons (Fsp3) is 0.412. The number of ether oxygens (including phenoxy) is 1. The van der Waals surface area contributed by atoms with Gasteiger partial charge in [-0.25, -0.2) is 14.5 Å². The van der Waals surface area contributed by atoms with Crippen LogP contribution in [0.1, 0.15) is 12.0 Å². The molecule has 0 aliphatic carbocycles. The second-order valence-corrected chi connectivity index (χ2v) is 6.27. The molecule has 0 radical (unpaired) electrons. The van der Waals surface area contributed by atoms with Crippen LogP contribution in [-0.4, -0.2) is 65.7 Å². The highest BCUT2D eigenvalue weighted by Crippen LogP contribution is 2.28. The average Bonchev–Trinajstić information content (AvgIpc) is 3.00. The predicted molar refractivity (Wildman–Crippen MR) is 89.6 cm³/mol. The predicted octanol–water partition coefficient (Wildman–Crippen LogP) is 0.122. The number of nitrogens with zero attached hydrogens (tertiary/aromatic N) is 2. The number of urea groups is 1. The van der Waals surface area contributed by atoms with Gasteiger partial charge in [-0.2, -0.15) is 0 Å². The van der Waals surface area contributed by atoms with Gasteiger partial charge in [0.25, 0.3) is 5.91 Å². The largest absolute Gasteiger partial charge is 0.480 e. The van der Waals surface area contributed by atoms with E-state index in [1.165, 1.54) is 4.90 Å². The van der Waals surface area contributed by atoms with Crippen molar-refractivity contribution < 1.29 is 29.0 Å². The number of amides is 4. The van der Waals surface area contributed by atoms with Crippen LogP contribution < -0.4 is 10.2 Å². The summed E-state index contributed by atoms with van der Waals surface area (Å²) in [5.74, 6) is -2.14. The SMILES string of the molecule is Cc1ccc(N2C(=O)NC3CCN(C(=O)COCC(=O)O)C3C2=O)cc1. The van der Waals surface area contributed by atoms with Gasteiger partial charge in [-0.1, -0.05) is 17.7 Å². The molecule has 0 saturated carbocycles. The van der Waals surface area contributed by atoms with Gasteiger partial charge in [0.15, 0.2) is 0 Å². The molecule has 2 atom stereocenters. The molecule has 1 aromatic carbocycles. The van der Waals surface area contributed by atoms with Crippen LogP contribution >= 0.6 is 0 Å². The lowest BCUT2D eigenvalue weighted by Crippen LogP contribution is -2.65. The summed E-state index contributed by atoms with van der Waals surface area (Å²) in [7, 11) is 0. The number of carboxylic acids is 1. The molecule has 2 N–H and O–H groups in total. The second-order valence-electron chi connectivity index (χ2n) is 6.27. The van der Waals surface area contributed by atoms with Gasteiger partial charge in [0.2, 0.25) is 5.91 Å². The Morgan fingerprint density at radius 2 is 1.92 bits per heavy atom. The highest BCUT2D eigenvalue weighted by Gasteiger charge is 2.49. The molecule has 2 aliphatic rings. The van der Waals surface area contributed by atoms with E-state index >= 15 is 0 Å². The van der Waals surface area contributed by atoms with E-state index in [-0.39, 0.29) is 0 Å². The highest BCUT2D eigenvalue weighted by molar-refractivity contribution is 6.19. The molecular weight excluding hydrogens is 342 g/mol. The van der Waals surface area contributed by atoms with Crippen molar-refractivity contribution in [3.8, 4) is 0 Å². The van der Waals surface area contributed by atoms with Gasteiger partial charge in [-0.05, 0) is 25.5 Å². The molecule has 0 spiro atoms. The topological polar surface area (TPSA) is 116 Å². The van der Waals surface area contributed by atoms with Gasteiger partial charge in [-0.3, -0.25) is 9.59 Å². The Labute approximate surface area is 149 Å². The number of benzene rings is 1. The summed E-state index contributed by atoms with van der Waals surface area (Å²) in [6.07, 6.45) is 0.453. The Morgan fingerprint density at radius 1 is 1.23 bits per heavy atom. The summed E-state index contributed by atoms with van der Waals surface area (Å²) in [6.45, 7) is 1.17. The van der Waals surface area contributed by atoms with E-state index in [2.05, 4.69) is 5.32 Å². The molecule has 9 heteroatoms. The van der Waals surface area contributed by atoms with Crippen molar-refractivity contribution in [3.63, 3.8) is 0 Å². The lowest BCUT2D eigenvalue weighted by molar-refractivity contribution is -0.147. The van der Waals surface area contributed by atoms with E-state index in [9.17, 15) is 19.2 Å². The van der Waals surface area contributed by atoms with Crippen LogP contribution in [0.2, 0.25) is 0 Å². The number of hydrogen-bond acceptors (Lipinski definition) is 5. The van der Waals surface area contributed by atoms with Gasteiger partial charge in [0, 0.05) is 6.54 Å². The molecular formula is C17H19N3O6. The van der Waals surface area contributed by atoms with Gasteiger partial charge >= 0.3 is 12.0 Å². The molecule has 2 unspecified atom stereocenters. The van der Waals surface area contributed by atoms with Crippen LogP contribution in [0, 0.1) is 6.92 Å². The molecule has 138 valence electrons. The number of carbonyl (C=O) groups is 4. The first-order valence-corrected chi connectivity index (χ1v) is 8.18. The Balaban J connectivity index is 1.77. The number of nitrogens with one attached hydrogen (secondary N) is 1. The molecule has 2 saturated heterocycles. The van der Waals surface area contributed by atoms with Crippen LogP contribution in [0.25, 0.3) is 0 Å². The number of carbonyl (C=O) groups excluding carboxylic acids is 3. The Hall–Kier alpha value is -2.94. The van der Waals surface area contributed by atoms with Crippen LogP contribution in [0.15, 0.2) is 24.3 Å².